The van der Waals surface area contributed by atoms with Crippen LogP contribution in [-0.4, -0.2) is 140 Å². The van der Waals surface area contributed by atoms with Gasteiger partial charge in [-0.1, -0.05) is 233 Å². The van der Waals surface area contributed by atoms with E-state index in [1.54, 1.807) is 0 Å². The van der Waals surface area contributed by atoms with Crippen molar-refractivity contribution in [1.82, 2.24) is 5.32 Å². The third-order valence-electron chi connectivity index (χ3n) is 14.8. The normalized spacial score (nSPS) is 24.9. The molecule has 0 aromatic carbocycles. The summed E-state index contributed by atoms with van der Waals surface area (Å²) < 4.78 is 22.8. The molecule has 1 amide bonds. The van der Waals surface area contributed by atoms with Gasteiger partial charge in [-0.3, -0.25) is 4.79 Å². The SMILES string of the molecule is CC/C=C\C/C=C\C/C=C\C/C=C\C/C=C\C/C=C\C/C=C\C/C=C\CCCCCCC(=O)NC(COC1OC(CO)C(OC2OC(CO)C(O)C(O)C2O)C(O)C1O)C(O)CCCCCCCCCCCCCCCCCCC. The van der Waals surface area contributed by atoms with Gasteiger partial charge in [0.25, 0.3) is 0 Å². The van der Waals surface area contributed by atoms with Crippen molar-refractivity contribution in [2.45, 2.75) is 293 Å². The summed E-state index contributed by atoms with van der Waals surface area (Å²) in [6, 6.07) is -0.850. The summed E-state index contributed by atoms with van der Waals surface area (Å²) >= 11 is 0. The Balaban J connectivity index is 1.74. The highest BCUT2D eigenvalue weighted by molar-refractivity contribution is 5.76. The van der Waals surface area contributed by atoms with E-state index in [0.29, 0.717) is 12.8 Å². The first-order valence-corrected chi connectivity index (χ1v) is 31.5. The van der Waals surface area contributed by atoms with Gasteiger partial charge in [-0.15, -0.1) is 0 Å². The van der Waals surface area contributed by atoms with Crippen molar-refractivity contribution in [3.05, 3.63) is 97.2 Å². The van der Waals surface area contributed by atoms with Crippen LogP contribution in [0.5, 0.6) is 0 Å². The van der Waals surface area contributed by atoms with Crippen LogP contribution in [0.2, 0.25) is 0 Å². The highest BCUT2D eigenvalue weighted by Crippen LogP contribution is 2.30. The minimum atomic E-state index is -1.79. The Labute approximate surface area is 483 Å². The Morgan fingerprint density at radius 1 is 0.463 bits per heavy atom. The lowest BCUT2D eigenvalue weighted by Crippen LogP contribution is -2.65. The van der Waals surface area contributed by atoms with E-state index in [2.05, 4.69) is 116 Å². The molecule has 14 heteroatoms. The van der Waals surface area contributed by atoms with Gasteiger partial charge in [0.15, 0.2) is 12.6 Å². The Bertz CT molecular complexity index is 1710. The van der Waals surface area contributed by atoms with Crippen molar-refractivity contribution in [3.8, 4) is 0 Å². The minimum absolute atomic E-state index is 0.234. The van der Waals surface area contributed by atoms with E-state index in [4.69, 9.17) is 18.9 Å². The number of ether oxygens (including phenoxy) is 4. The van der Waals surface area contributed by atoms with Gasteiger partial charge in [0.2, 0.25) is 5.91 Å². The second-order valence-corrected chi connectivity index (χ2v) is 21.8. The van der Waals surface area contributed by atoms with E-state index in [9.17, 15) is 45.6 Å². The van der Waals surface area contributed by atoms with Gasteiger partial charge in [0.1, 0.15) is 48.8 Å². The average Bonchev–Trinajstić information content (AvgIpc) is 3.46. The fourth-order valence-corrected chi connectivity index (χ4v) is 9.78. The molecular weight excluding hydrogens is 1010 g/mol. The third-order valence-corrected chi connectivity index (χ3v) is 14.8. The molecule has 0 spiro atoms. The summed E-state index contributed by atoms with van der Waals surface area (Å²) in [5, 5.41) is 87.3. The lowest BCUT2D eigenvalue weighted by molar-refractivity contribution is -0.359. The molecule has 0 saturated carbocycles. The van der Waals surface area contributed by atoms with Crippen LogP contribution in [0.1, 0.15) is 219 Å². The van der Waals surface area contributed by atoms with Crippen LogP contribution in [0.4, 0.5) is 0 Å². The van der Waals surface area contributed by atoms with Gasteiger partial charge in [0, 0.05) is 6.42 Å². The minimum Gasteiger partial charge on any atom is -0.394 e. The highest BCUT2D eigenvalue weighted by Gasteiger charge is 2.51. The molecule has 80 heavy (non-hydrogen) atoms. The summed E-state index contributed by atoms with van der Waals surface area (Å²) in [6.45, 7) is 2.73. The number of rotatable bonds is 49. The van der Waals surface area contributed by atoms with Crippen LogP contribution in [0.3, 0.4) is 0 Å². The zero-order chi connectivity index (χ0) is 58.1. The molecule has 14 nitrogen and oxygen atoms in total. The molecule has 0 aliphatic carbocycles. The number of aliphatic hydroxyl groups is 8. The Kier molecular flexibility index (Phi) is 46.0. The van der Waals surface area contributed by atoms with Crippen LogP contribution in [-0.2, 0) is 23.7 Å². The van der Waals surface area contributed by atoms with E-state index in [1.807, 2.05) is 0 Å². The zero-order valence-electron chi connectivity index (χ0n) is 49.5. The highest BCUT2D eigenvalue weighted by atomic mass is 16.7. The molecular formula is C66H113NO13. The van der Waals surface area contributed by atoms with Crippen LogP contribution < -0.4 is 5.32 Å². The number of nitrogens with one attached hydrogen (secondary N) is 1. The second kappa shape index (κ2) is 50.4. The molecule has 0 aromatic rings. The number of amides is 1. The van der Waals surface area contributed by atoms with Crippen molar-refractivity contribution < 1.29 is 64.6 Å². The van der Waals surface area contributed by atoms with Crippen molar-refractivity contribution in [2.75, 3.05) is 19.8 Å². The van der Waals surface area contributed by atoms with Crippen molar-refractivity contribution in [1.29, 1.82) is 0 Å². The number of allylic oxidation sites excluding steroid dienone is 16. The van der Waals surface area contributed by atoms with Crippen LogP contribution >= 0.6 is 0 Å². The van der Waals surface area contributed by atoms with Gasteiger partial charge in [-0.05, 0) is 77.0 Å². The first-order valence-electron chi connectivity index (χ1n) is 31.5. The maximum absolute atomic E-state index is 13.3. The summed E-state index contributed by atoms with van der Waals surface area (Å²) in [4.78, 5) is 13.3. The van der Waals surface area contributed by atoms with Gasteiger partial charge in [0.05, 0.1) is 32.0 Å². The maximum Gasteiger partial charge on any atom is 0.220 e. The first-order chi connectivity index (χ1) is 39.1. The van der Waals surface area contributed by atoms with Crippen LogP contribution in [0.25, 0.3) is 0 Å². The number of carbonyl (C=O) groups is 1. The van der Waals surface area contributed by atoms with Crippen LogP contribution in [0.15, 0.2) is 97.2 Å². The number of aliphatic hydroxyl groups excluding tert-OH is 8. The molecule has 2 heterocycles. The molecule has 2 saturated heterocycles. The molecule has 0 radical (unpaired) electrons. The van der Waals surface area contributed by atoms with Gasteiger partial charge < -0.3 is 65.1 Å². The molecule has 2 rings (SSSR count). The number of carbonyl (C=O) groups excluding carboxylic acids is 1. The number of hydrogen-bond donors (Lipinski definition) is 9. The summed E-state index contributed by atoms with van der Waals surface area (Å²) in [6.07, 6.45) is 52.5. The van der Waals surface area contributed by atoms with E-state index >= 15 is 0 Å². The molecule has 9 N–H and O–H groups in total. The molecule has 0 aromatic heterocycles. The standard InChI is InChI=1S/C66H113NO13/c1-3-5-7-9-11-13-15-17-19-21-22-23-24-25-26-27-28-29-30-31-32-34-36-38-40-42-44-46-48-50-58(71)67-54(55(70)49-47-45-43-41-39-37-35-33-20-18-16-14-12-10-8-6-4-2)53-77-65-63(76)61(74)64(57(52-69)79-65)80-66-62(75)60(73)59(72)56(51-68)78-66/h5,7,11,13,17,19,22-23,25-26,28-29,31-32,36,38,54-57,59-66,68-70,72-76H,3-4,6,8-10,12,14-16,18,20-21,24,27,30,33-35,37,39-53H2,1-2H3,(H,67,71)/b7-5-,13-11-,19-17-,23-22-,26-25-,29-28-,32-31-,38-36-. The van der Waals surface area contributed by atoms with E-state index in [1.165, 1.54) is 83.5 Å². The molecule has 2 fully saturated rings. The smallest absolute Gasteiger partial charge is 0.220 e. The Morgan fingerprint density at radius 3 is 1.32 bits per heavy atom. The third kappa shape index (κ3) is 35.1. The molecule has 2 aliphatic rings. The van der Waals surface area contributed by atoms with E-state index < -0.39 is 86.8 Å². The fraction of sp³-hybridized carbons (Fsp3) is 0.742. The van der Waals surface area contributed by atoms with Crippen molar-refractivity contribution >= 4 is 5.91 Å². The summed E-state index contributed by atoms with van der Waals surface area (Å²) in [7, 11) is 0. The summed E-state index contributed by atoms with van der Waals surface area (Å²) in [5.41, 5.74) is 0. The molecule has 0 bridgehead atoms. The lowest BCUT2D eigenvalue weighted by atomic mass is 9.97. The Morgan fingerprint density at radius 2 is 0.863 bits per heavy atom. The van der Waals surface area contributed by atoms with Crippen molar-refractivity contribution in [3.63, 3.8) is 0 Å². The predicted molar refractivity (Wildman–Crippen MR) is 323 cm³/mol. The topological polar surface area (TPSA) is 228 Å². The number of unbranched alkanes of at least 4 members (excludes halogenated alkanes) is 20. The monoisotopic (exact) mass is 1130 g/mol. The molecule has 460 valence electrons. The van der Waals surface area contributed by atoms with Crippen LogP contribution in [0, 0.1) is 0 Å². The quantitative estimate of drug-likeness (QED) is 0.0204. The van der Waals surface area contributed by atoms with Crippen molar-refractivity contribution in [2.24, 2.45) is 0 Å². The maximum atomic E-state index is 13.3. The van der Waals surface area contributed by atoms with Gasteiger partial charge in [-0.2, -0.15) is 0 Å². The first kappa shape index (κ1) is 73.0. The summed E-state index contributed by atoms with van der Waals surface area (Å²) in [5.74, 6) is -0.234. The molecule has 2 aliphatic heterocycles. The fourth-order valence-electron chi connectivity index (χ4n) is 9.78. The van der Waals surface area contributed by atoms with Gasteiger partial charge in [-0.25, -0.2) is 0 Å². The predicted octanol–water partition coefficient (Wildman–Crippen LogP) is 11.4. The largest absolute Gasteiger partial charge is 0.394 e. The Hall–Kier alpha value is -3.09. The van der Waals surface area contributed by atoms with Gasteiger partial charge >= 0.3 is 0 Å². The zero-order valence-corrected chi connectivity index (χ0v) is 49.5. The second-order valence-electron chi connectivity index (χ2n) is 21.8. The van der Waals surface area contributed by atoms with E-state index in [-0.39, 0.29) is 18.9 Å². The number of hydrogen-bond acceptors (Lipinski definition) is 13. The average molecular weight is 1130 g/mol. The van der Waals surface area contributed by atoms with E-state index in [0.717, 1.165) is 103 Å². The molecule has 12 unspecified atom stereocenters. The lowest BCUT2D eigenvalue weighted by Gasteiger charge is -2.46. The molecule has 12 atom stereocenters.